The zero-order valence-corrected chi connectivity index (χ0v) is 48.9. The molecule has 0 aromatic carbocycles. The van der Waals surface area contributed by atoms with Gasteiger partial charge in [0.05, 0.1) is 83.3 Å². The first-order valence-electron chi connectivity index (χ1n) is 27.4. The smallest absolute Gasteiger partial charge is 0.407 e. The third-order valence-corrected chi connectivity index (χ3v) is 10.3. The number of rotatable bonds is 36. The lowest BCUT2D eigenvalue weighted by atomic mass is 10.1. The van der Waals surface area contributed by atoms with Crippen molar-refractivity contribution in [1.82, 2.24) is 21.3 Å². The number of amides is 2. The lowest BCUT2D eigenvalue weighted by Crippen LogP contribution is -2.37. The number of aliphatic hydroxyl groups excluding tert-OH is 8. The second-order valence-electron chi connectivity index (χ2n) is 20.5. The highest BCUT2D eigenvalue weighted by Crippen LogP contribution is 2.03. The standard InChI is InChI=1S/2C10H21NO3.C9H21NO.C9H20O2.C8H19NO2.C8H18O3/c1-4-9(7-12)11-10(13)14-6-5-8(2)3;1-4-9(12)7-11-10(13)14-6-5-8(2)3;1-4-9(11)7-10-6-5-8(2)3;1-4-9(10)7-11-6-5-8(2)3;1-7(2)3-4-9-8(5-10)6-11;1-7(2)3-4-11-8(5-9)6-10/h2*8-9,12H,4-7H2,1-3H3,(H,11,13);8-11H,4-7H2,1-3H3;8-10H,4-7H2,1-3H3;7-11H,3-6H2,1-2H3;7-10H,3-6H2,1-2H3. The molecular formula is C54H120N4O14. The van der Waals surface area contributed by atoms with Crippen molar-refractivity contribution in [3.05, 3.63) is 0 Å². The zero-order valence-electron chi connectivity index (χ0n) is 48.9. The highest BCUT2D eigenvalue weighted by atomic mass is 16.6. The number of carbonyl (C=O) groups excluding carboxylic acids is 2. The largest absolute Gasteiger partial charge is 0.450 e. The molecule has 0 aliphatic heterocycles. The van der Waals surface area contributed by atoms with Crippen molar-refractivity contribution in [2.75, 3.05) is 92.2 Å². The SMILES string of the molecule is CC(C)CCNC(CO)CO.CC(C)CCOC(CO)CO.CCC(CO)NC(=O)OCCC(C)C.CCC(O)CNC(=O)OCCC(C)C.CCC(O)CNCCC(C)C.CCC(O)COCCC(C)C. The third-order valence-electron chi connectivity index (χ3n) is 10.3. The first-order valence-corrected chi connectivity index (χ1v) is 27.4. The summed E-state index contributed by atoms with van der Waals surface area (Å²) >= 11 is 0. The summed E-state index contributed by atoms with van der Waals surface area (Å²) in [7, 11) is 0. The van der Waals surface area contributed by atoms with Crippen LogP contribution in [0, 0.1) is 35.5 Å². The van der Waals surface area contributed by atoms with Crippen molar-refractivity contribution in [2.45, 2.75) is 211 Å². The Balaban J connectivity index is -0.000000182. The van der Waals surface area contributed by atoms with Gasteiger partial charge in [0.2, 0.25) is 0 Å². The topological polar surface area (TPSA) is 281 Å². The molecule has 0 radical (unpaired) electrons. The second kappa shape index (κ2) is 61.6. The summed E-state index contributed by atoms with van der Waals surface area (Å²) in [4.78, 5) is 22.1. The van der Waals surface area contributed by atoms with Crippen LogP contribution in [0.3, 0.4) is 0 Å². The van der Waals surface area contributed by atoms with E-state index in [9.17, 15) is 9.59 Å². The Kier molecular flexibility index (Phi) is 69.7. The van der Waals surface area contributed by atoms with E-state index < -0.39 is 24.4 Å². The monoisotopic (exact) mass is 1050 g/mol. The van der Waals surface area contributed by atoms with E-state index >= 15 is 0 Å². The van der Waals surface area contributed by atoms with E-state index in [-0.39, 0.29) is 63.9 Å². The number of ether oxygens (including phenoxy) is 4. The molecule has 0 spiro atoms. The van der Waals surface area contributed by atoms with Crippen LogP contribution in [0.15, 0.2) is 0 Å². The van der Waals surface area contributed by atoms with E-state index in [2.05, 4.69) is 104 Å². The fourth-order valence-corrected chi connectivity index (χ4v) is 4.51. The molecular weight excluding hydrogens is 929 g/mol. The van der Waals surface area contributed by atoms with Gasteiger partial charge in [0, 0.05) is 26.3 Å². The first kappa shape index (κ1) is 81.4. The number of hydrogen-bond acceptors (Lipinski definition) is 16. The molecule has 18 nitrogen and oxygen atoms in total. The van der Waals surface area contributed by atoms with Crippen LogP contribution in [0.4, 0.5) is 9.59 Å². The Morgan fingerprint density at radius 1 is 0.444 bits per heavy atom. The number of alkyl carbamates (subject to hydrolysis) is 2. The lowest BCUT2D eigenvalue weighted by Gasteiger charge is -2.14. The van der Waals surface area contributed by atoms with Crippen LogP contribution in [0.1, 0.15) is 175 Å². The van der Waals surface area contributed by atoms with E-state index in [4.69, 9.17) is 59.8 Å². The maximum absolute atomic E-state index is 11.1. The molecule has 0 aromatic rings. The minimum atomic E-state index is -0.479. The fraction of sp³-hybridized carbons (Fsp3) is 0.963. The average Bonchev–Trinajstić information content (AvgIpc) is 3.33. The van der Waals surface area contributed by atoms with E-state index in [1.807, 2.05) is 27.7 Å². The molecule has 2 amide bonds. The quantitative estimate of drug-likeness (QED) is 0.0293. The van der Waals surface area contributed by atoms with Gasteiger partial charge in [0.25, 0.3) is 0 Å². The summed E-state index contributed by atoms with van der Waals surface area (Å²) in [5.41, 5.74) is 0. The maximum atomic E-state index is 11.1. The van der Waals surface area contributed by atoms with Gasteiger partial charge in [-0.1, -0.05) is 111 Å². The van der Waals surface area contributed by atoms with Crippen LogP contribution < -0.4 is 21.3 Å². The van der Waals surface area contributed by atoms with Crippen LogP contribution >= 0.6 is 0 Å². The van der Waals surface area contributed by atoms with Gasteiger partial charge in [0.1, 0.15) is 6.10 Å². The molecule has 0 aromatic heterocycles. The molecule has 0 saturated carbocycles. The number of nitrogens with one attached hydrogen (secondary N) is 4. The first-order chi connectivity index (χ1) is 33.9. The Morgan fingerprint density at radius 3 is 1.25 bits per heavy atom. The molecule has 0 aliphatic carbocycles. The minimum Gasteiger partial charge on any atom is -0.450 e. The Labute approximate surface area is 440 Å². The van der Waals surface area contributed by atoms with E-state index in [0.717, 1.165) is 77.1 Å². The van der Waals surface area contributed by atoms with Gasteiger partial charge in [-0.15, -0.1) is 0 Å². The van der Waals surface area contributed by atoms with Gasteiger partial charge in [-0.25, -0.2) is 9.59 Å². The van der Waals surface area contributed by atoms with Gasteiger partial charge in [0.15, 0.2) is 0 Å². The van der Waals surface area contributed by atoms with Crippen molar-refractivity contribution < 1.29 is 69.4 Å². The van der Waals surface area contributed by atoms with Crippen molar-refractivity contribution in [3.8, 4) is 0 Å². The van der Waals surface area contributed by atoms with Crippen molar-refractivity contribution in [2.24, 2.45) is 35.5 Å². The summed E-state index contributed by atoms with van der Waals surface area (Å²) in [6, 6.07) is -0.338. The molecule has 12 N–H and O–H groups in total. The Hall–Kier alpha value is -1.94. The predicted molar refractivity (Wildman–Crippen MR) is 294 cm³/mol. The van der Waals surface area contributed by atoms with Gasteiger partial charge in [-0.05, 0) is 113 Å². The molecule has 0 saturated heterocycles. The Bertz CT molecular complexity index is 1010. The van der Waals surface area contributed by atoms with Crippen molar-refractivity contribution >= 4 is 12.2 Å². The van der Waals surface area contributed by atoms with E-state index in [1.165, 1.54) is 6.42 Å². The summed E-state index contributed by atoms with van der Waals surface area (Å²) in [6.07, 6.45) is 6.81. The predicted octanol–water partition coefficient (Wildman–Crippen LogP) is 6.65. The molecule has 0 heterocycles. The summed E-state index contributed by atoms with van der Waals surface area (Å²) in [5.74, 6) is 3.77. The molecule has 0 rings (SSSR count). The fourth-order valence-electron chi connectivity index (χ4n) is 4.51. The van der Waals surface area contributed by atoms with E-state index in [0.29, 0.717) is 68.9 Å². The van der Waals surface area contributed by atoms with Crippen LogP contribution in [0.5, 0.6) is 0 Å². The molecule has 72 heavy (non-hydrogen) atoms. The van der Waals surface area contributed by atoms with Crippen molar-refractivity contribution in [1.29, 1.82) is 0 Å². The number of carbonyl (C=O) groups is 2. The molecule has 4 unspecified atom stereocenters. The highest BCUT2D eigenvalue weighted by Gasteiger charge is 2.10. The number of hydrogen-bond donors (Lipinski definition) is 12. The maximum Gasteiger partial charge on any atom is 0.407 e. The molecule has 4 atom stereocenters. The van der Waals surface area contributed by atoms with Crippen LogP contribution in [0.25, 0.3) is 0 Å². The minimum absolute atomic E-state index is 0.00853. The van der Waals surface area contributed by atoms with Gasteiger partial charge < -0.3 is 81.1 Å². The van der Waals surface area contributed by atoms with Crippen LogP contribution in [-0.4, -0.2) is 182 Å². The van der Waals surface area contributed by atoms with Gasteiger partial charge >= 0.3 is 12.2 Å². The van der Waals surface area contributed by atoms with Crippen LogP contribution in [-0.2, 0) is 18.9 Å². The zero-order chi connectivity index (χ0) is 56.7. The van der Waals surface area contributed by atoms with Gasteiger partial charge in [-0.2, -0.15) is 0 Å². The number of aliphatic hydroxyl groups is 8. The molecule has 0 aliphatic rings. The lowest BCUT2D eigenvalue weighted by molar-refractivity contribution is -0.0229. The summed E-state index contributed by atoms with van der Waals surface area (Å²) < 4.78 is 20.2. The third kappa shape index (κ3) is 77.0. The second-order valence-corrected chi connectivity index (χ2v) is 20.5. The Morgan fingerprint density at radius 2 is 0.847 bits per heavy atom. The molecule has 440 valence electrons. The summed E-state index contributed by atoms with van der Waals surface area (Å²) in [5, 5.41) is 82.1. The average molecular weight is 1050 g/mol. The van der Waals surface area contributed by atoms with Gasteiger partial charge in [-0.3, -0.25) is 0 Å². The van der Waals surface area contributed by atoms with Crippen molar-refractivity contribution in [3.63, 3.8) is 0 Å². The summed E-state index contributed by atoms with van der Waals surface area (Å²) in [6.45, 7) is 38.7. The highest BCUT2D eigenvalue weighted by molar-refractivity contribution is 5.67. The van der Waals surface area contributed by atoms with E-state index in [1.54, 1.807) is 0 Å². The molecule has 0 fully saturated rings. The molecule has 0 bridgehead atoms. The molecule has 18 heteroatoms. The normalized spacial score (nSPS) is 12.7. The van der Waals surface area contributed by atoms with Crippen LogP contribution in [0.2, 0.25) is 0 Å².